The van der Waals surface area contributed by atoms with Crippen LogP contribution in [0.3, 0.4) is 0 Å². The van der Waals surface area contributed by atoms with Crippen LogP contribution in [0.5, 0.6) is 0 Å². The molecule has 1 amide bonds. The molecule has 0 radical (unpaired) electrons. The number of benzene rings is 2. The topological polar surface area (TPSA) is 49.8 Å². The largest absolute Gasteiger partial charge is 0.448 e. The van der Waals surface area contributed by atoms with Crippen molar-refractivity contribution in [3.63, 3.8) is 0 Å². The quantitative estimate of drug-likeness (QED) is 0.877. The highest BCUT2D eigenvalue weighted by Gasteiger charge is 2.34. The minimum absolute atomic E-state index is 0.0202. The lowest BCUT2D eigenvalue weighted by Crippen LogP contribution is -2.35. The highest BCUT2D eigenvalue weighted by molar-refractivity contribution is 5.81. The van der Waals surface area contributed by atoms with E-state index in [0.29, 0.717) is 19.6 Å². The number of β-amino-alcohol motifs (C(OH)–C–C–N with tert-alkyl or cyclic N) is 1. The van der Waals surface area contributed by atoms with E-state index in [1.807, 2.05) is 6.92 Å². The van der Waals surface area contributed by atoms with Gasteiger partial charge in [-0.05, 0) is 47.6 Å². The van der Waals surface area contributed by atoms with Crippen molar-refractivity contribution in [2.75, 3.05) is 13.2 Å². The lowest BCUT2D eigenvalue weighted by atomic mass is 9.95. The second kappa shape index (κ2) is 7.35. The van der Waals surface area contributed by atoms with Crippen LogP contribution in [-0.4, -0.2) is 41.4 Å². The molecule has 4 nitrogen and oxygen atoms in total. The molecule has 1 aliphatic heterocycles. The zero-order valence-corrected chi connectivity index (χ0v) is 16.0. The zero-order chi connectivity index (χ0) is 19.0. The van der Waals surface area contributed by atoms with Gasteiger partial charge in [0.2, 0.25) is 0 Å². The summed E-state index contributed by atoms with van der Waals surface area (Å²) < 4.78 is 5.72. The van der Waals surface area contributed by atoms with E-state index in [1.54, 1.807) is 4.90 Å². The van der Waals surface area contributed by atoms with Crippen molar-refractivity contribution in [1.82, 2.24) is 4.90 Å². The van der Waals surface area contributed by atoms with Crippen molar-refractivity contribution in [2.45, 2.75) is 51.2 Å². The molecule has 4 rings (SSSR count). The SMILES string of the molecule is CCCc1cccc2c1-c1ccccc1C2COC(=O)N1CC(O)CC1C. The Labute approximate surface area is 160 Å². The van der Waals surface area contributed by atoms with Crippen LogP contribution in [-0.2, 0) is 11.2 Å². The minimum atomic E-state index is -0.447. The van der Waals surface area contributed by atoms with E-state index in [2.05, 4.69) is 49.4 Å². The molecular formula is C23H27NO3. The molecule has 0 spiro atoms. The number of hydrogen-bond donors (Lipinski definition) is 1. The van der Waals surface area contributed by atoms with E-state index in [9.17, 15) is 9.90 Å². The lowest BCUT2D eigenvalue weighted by molar-refractivity contribution is 0.0929. The molecule has 3 unspecified atom stereocenters. The van der Waals surface area contributed by atoms with Gasteiger partial charge in [-0.2, -0.15) is 0 Å². The van der Waals surface area contributed by atoms with Gasteiger partial charge in [-0.1, -0.05) is 55.8 Å². The van der Waals surface area contributed by atoms with Gasteiger partial charge in [-0.3, -0.25) is 0 Å². The first-order valence-corrected chi connectivity index (χ1v) is 9.92. The van der Waals surface area contributed by atoms with Crippen LogP contribution in [0, 0.1) is 0 Å². The smallest absolute Gasteiger partial charge is 0.410 e. The van der Waals surface area contributed by atoms with Crippen molar-refractivity contribution in [3.05, 3.63) is 59.2 Å². The number of amides is 1. The minimum Gasteiger partial charge on any atom is -0.448 e. The van der Waals surface area contributed by atoms with Crippen molar-refractivity contribution in [2.24, 2.45) is 0 Å². The maximum Gasteiger partial charge on any atom is 0.410 e. The number of ether oxygens (including phenoxy) is 1. The van der Waals surface area contributed by atoms with Gasteiger partial charge < -0.3 is 14.7 Å². The van der Waals surface area contributed by atoms with Crippen LogP contribution >= 0.6 is 0 Å². The van der Waals surface area contributed by atoms with Gasteiger partial charge in [0.05, 0.1) is 12.6 Å². The summed E-state index contributed by atoms with van der Waals surface area (Å²) >= 11 is 0. The van der Waals surface area contributed by atoms with Gasteiger partial charge in [0, 0.05) is 12.0 Å². The Kier molecular flexibility index (Phi) is 4.92. The highest BCUT2D eigenvalue weighted by Crippen LogP contribution is 2.46. The molecule has 2 aromatic rings. The number of nitrogens with zero attached hydrogens (tertiary/aromatic N) is 1. The van der Waals surface area contributed by atoms with E-state index in [0.717, 1.165) is 12.8 Å². The molecule has 1 N–H and O–H groups in total. The Morgan fingerprint density at radius 3 is 2.70 bits per heavy atom. The molecule has 1 aliphatic carbocycles. The third-order valence-electron chi connectivity index (χ3n) is 5.84. The van der Waals surface area contributed by atoms with E-state index >= 15 is 0 Å². The van der Waals surface area contributed by atoms with E-state index < -0.39 is 6.10 Å². The third-order valence-corrected chi connectivity index (χ3v) is 5.84. The van der Waals surface area contributed by atoms with Crippen LogP contribution in [0.25, 0.3) is 11.1 Å². The molecule has 142 valence electrons. The van der Waals surface area contributed by atoms with Gasteiger partial charge in [0.25, 0.3) is 0 Å². The monoisotopic (exact) mass is 365 g/mol. The number of aliphatic hydroxyl groups excluding tert-OH is 1. The molecule has 2 aliphatic rings. The second-order valence-corrected chi connectivity index (χ2v) is 7.74. The average Bonchev–Trinajstić information content (AvgIpc) is 3.17. The number of likely N-dealkylation sites (tertiary alicyclic amines) is 1. The maximum absolute atomic E-state index is 12.5. The first-order valence-electron chi connectivity index (χ1n) is 9.92. The standard InChI is InChI=1S/C23H27NO3/c1-3-7-16-8-6-11-20-21(18-9-4-5-10-19(18)22(16)20)14-27-23(26)24-13-17(25)12-15(24)2/h4-6,8-11,15,17,21,25H,3,7,12-14H2,1-2H3. The number of carbonyl (C=O) groups excluding carboxylic acids is 1. The summed E-state index contributed by atoms with van der Waals surface area (Å²) in [4.78, 5) is 14.2. The number of carbonyl (C=O) groups is 1. The molecule has 0 bridgehead atoms. The Bertz CT molecular complexity index is 847. The fraction of sp³-hybridized carbons (Fsp3) is 0.435. The van der Waals surface area contributed by atoms with Crippen molar-refractivity contribution >= 4 is 6.09 Å². The van der Waals surface area contributed by atoms with Gasteiger partial charge in [-0.15, -0.1) is 0 Å². The molecule has 1 heterocycles. The fourth-order valence-electron chi connectivity index (χ4n) is 4.59. The fourth-order valence-corrected chi connectivity index (χ4v) is 4.59. The predicted molar refractivity (Wildman–Crippen MR) is 106 cm³/mol. The van der Waals surface area contributed by atoms with E-state index in [4.69, 9.17) is 4.74 Å². The first kappa shape index (κ1) is 18.1. The number of aliphatic hydroxyl groups is 1. The number of rotatable bonds is 4. The van der Waals surface area contributed by atoms with Crippen molar-refractivity contribution in [1.29, 1.82) is 0 Å². The Balaban J connectivity index is 1.59. The molecule has 27 heavy (non-hydrogen) atoms. The molecule has 0 saturated carbocycles. The third kappa shape index (κ3) is 3.23. The summed E-state index contributed by atoms with van der Waals surface area (Å²) in [6.45, 7) is 4.84. The molecular weight excluding hydrogens is 338 g/mol. The Morgan fingerprint density at radius 2 is 1.96 bits per heavy atom. The molecule has 1 fully saturated rings. The van der Waals surface area contributed by atoms with Crippen LogP contribution in [0.15, 0.2) is 42.5 Å². The van der Waals surface area contributed by atoms with Crippen LogP contribution < -0.4 is 0 Å². The van der Waals surface area contributed by atoms with Gasteiger partial charge in [0.15, 0.2) is 0 Å². The molecule has 2 aromatic carbocycles. The molecule has 3 atom stereocenters. The number of aryl methyl sites for hydroxylation is 1. The Morgan fingerprint density at radius 1 is 1.19 bits per heavy atom. The van der Waals surface area contributed by atoms with Gasteiger partial charge >= 0.3 is 6.09 Å². The lowest BCUT2D eigenvalue weighted by Gasteiger charge is -2.22. The Hall–Kier alpha value is -2.33. The molecule has 4 heteroatoms. The van der Waals surface area contributed by atoms with Gasteiger partial charge in [-0.25, -0.2) is 4.79 Å². The summed E-state index contributed by atoms with van der Waals surface area (Å²) in [5, 5.41) is 9.79. The molecule has 0 aromatic heterocycles. The van der Waals surface area contributed by atoms with Crippen LogP contribution in [0.4, 0.5) is 4.79 Å². The maximum atomic E-state index is 12.5. The predicted octanol–water partition coefficient (Wildman–Crippen LogP) is 4.34. The summed E-state index contributed by atoms with van der Waals surface area (Å²) in [7, 11) is 0. The normalized spacial score (nSPS) is 23.2. The average molecular weight is 365 g/mol. The summed E-state index contributed by atoms with van der Waals surface area (Å²) in [6.07, 6.45) is 2.00. The first-order chi connectivity index (χ1) is 13.1. The second-order valence-electron chi connectivity index (χ2n) is 7.74. The summed E-state index contributed by atoms with van der Waals surface area (Å²) in [5.41, 5.74) is 6.44. The van der Waals surface area contributed by atoms with Crippen molar-refractivity contribution in [3.8, 4) is 11.1 Å². The zero-order valence-electron chi connectivity index (χ0n) is 16.0. The van der Waals surface area contributed by atoms with E-state index in [-0.39, 0.29) is 18.1 Å². The van der Waals surface area contributed by atoms with Gasteiger partial charge in [0.1, 0.15) is 6.61 Å². The highest BCUT2D eigenvalue weighted by atomic mass is 16.6. The van der Waals surface area contributed by atoms with Crippen LogP contribution in [0.1, 0.15) is 49.3 Å². The van der Waals surface area contributed by atoms with Crippen molar-refractivity contribution < 1.29 is 14.6 Å². The summed E-state index contributed by atoms with van der Waals surface area (Å²) in [6, 6.07) is 15.0. The summed E-state index contributed by atoms with van der Waals surface area (Å²) in [5.74, 6) is 0.0692. The van der Waals surface area contributed by atoms with E-state index in [1.165, 1.54) is 27.8 Å². The number of fused-ring (bicyclic) bond motifs is 3. The number of hydrogen-bond acceptors (Lipinski definition) is 3. The molecule has 1 saturated heterocycles. The van der Waals surface area contributed by atoms with Crippen LogP contribution in [0.2, 0.25) is 0 Å².